The number of amides is 1. The Kier molecular flexibility index (Phi) is 4.61. The molecule has 1 fully saturated rings. The second kappa shape index (κ2) is 6.20. The van der Waals surface area contributed by atoms with Crippen LogP contribution in [0.25, 0.3) is 0 Å². The molecule has 0 aromatic carbocycles. The van der Waals surface area contributed by atoms with Gasteiger partial charge >= 0.3 is 0 Å². The highest BCUT2D eigenvalue weighted by Gasteiger charge is 2.15. The standard InChI is InChI=1S/C10H16N4OS2/c11-8(15)6-16-10-14-13-9(17-10)12-7-4-2-1-3-5-7/h7H,1-6H2,(H2,11,15)(H,12,13). The second-order valence-electron chi connectivity index (χ2n) is 4.11. The molecule has 17 heavy (non-hydrogen) atoms. The van der Waals surface area contributed by atoms with Gasteiger partial charge in [-0.2, -0.15) is 0 Å². The van der Waals surface area contributed by atoms with Crippen LogP contribution in [0.3, 0.4) is 0 Å². The van der Waals surface area contributed by atoms with E-state index in [1.54, 1.807) is 0 Å². The van der Waals surface area contributed by atoms with Crippen molar-refractivity contribution < 1.29 is 4.79 Å². The summed E-state index contributed by atoms with van der Waals surface area (Å²) in [4.78, 5) is 10.6. The van der Waals surface area contributed by atoms with E-state index in [4.69, 9.17) is 5.73 Å². The van der Waals surface area contributed by atoms with Crippen LogP contribution in [0.2, 0.25) is 0 Å². The number of thioether (sulfide) groups is 1. The zero-order valence-electron chi connectivity index (χ0n) is 9.52. The molecule has 0 spiro atoms. The van der Waals surface area contributed by atoms with Gasteiger partial charge in [-0.3, -0.25) is 4.79 Å². The maximum atomic E-state index is 10.6. The maximum Gasteiger partial charge on any atom is 0.227 e. The van der Waals surface area contributed by atoms with Crippen LogP contribution in [0.4, 0.5) is 5.13 Å². The number of nitrogens with zero attached hydrogens (tertiary/aromatic N) is 2. The van der Waals surface area contributed by atoms with Gasteiger partial charge in [0.15, 0.2) is 4.34 Å². The molecule has 1 aliphatic carbocycles. The van der Waals surface area contributed by atoms with E-state index in [9.17, 15) is 4.79 Å². The van der Waals surface area contributed by atoms with Crippen molar-refractivity contribution in [2.75, 3.05) is 11.1 Å². The van der Waals surface area contributed by atoms with Crippen LogP contribution in [-0.2, 0) is 4.79 Å². The van der Waals surface area contributed by atoms with Crippen molar-refractivity contribution in [1.29, 1.82) is 0 Å². The van der Waals surface area contributed by atoms with Gasteiger partial charge in [0, 0.05) is 6.04 Å². The van der Waals surface area contributed by atoms with Crippen LogP contribution in [0.15, 0.2) is 4.34 Å². The van der Waals surface area contributed by atoms with Crippen LogP contribution < -0.4 is 11.1 Å². The molecule has 1 aromatic heterocycles. The molecule has 1 heterocycles. The van der Waals surface area contributed by atoms with Crippen molar-refractivity contribution in [3.63, 3.8) is 0 Å². The highest BCUT2D eigenvalue weighted by Crippen LogP contribution is 2.27. The molecule has 1 aromatic rings. The number of carbonyl (C=O) groups is 1. The zero-order valence-corrected chi connectivity index (χ0v) is 11.1. The van der Waals surface area contributed by atoms with Crippen LogP contribution in [0.1, 0.15) is 32.1 Å². The van der Waals surface area contributed by atoms with Crippen molar-refractivity contribution in [3.05, 3.63) is 0 Å². The first-order chi connectivity index (χ1) is 8.24. The minimum atomic E-state index is -0.327. The van der Waals surface area contributed by atoms with Gasteiger partial charge in [0.05, 0.1) is 5.75 Å². The number of primary amides is 1. The SMILES string of the molecule is NC(=O)CSc1nnc(NC2CCCCC2)s1. The summed E-state index contributed by atoms with van der Waals surface area (Å²) < 4.78 is 0.794. The lowest BCUT2D eigenvalue weighted by Crippen LogP contribution is -2.21. The molecule has 5 nitrogen and oxygen atoms in total. The fourth-order valence-electron chi connectivity index (χ4n) is 1.88. The van der Waals surface area contributed by atoms with Crippen molar-refractivity contribution in [1.82, 2.24) is 10.2 Å². The number of anilines is 1. The Balaban J connectivity index is 1.82. The Morgan fingerprint density at radius 2 is 2.18 bits per heavy atom. The molecule has 94 valence electrons. The first kappa shape index (κ1) is 12.6. The summed E-state index contributed by atoms with van der Waals surface area (Å²) in [6.45, 7) is 0. The second-order valence-corrected chi connectivity index (χ2v) is 6.31. The lowest BCUT2D eigenvalue weighted by atomic mass is 9.96. The summed E-state index contributed by atoms with van der Waals surface area (Å²) in [7, 11) is 0. The van der Waals surface area contributed by atoms with Gasteiger partial charge in [0.2, 0.25) is 11.0 Å². The number of aromatic nitrogens is 2. The first-order valence-corrected chi connectivity index (χ1v) is 7.55. The number of hydrogen-bond acceptors (Lipinski definition) is 6. The Labute approximate surface area is 109 Å². The van der Waals surface area contributed by atoms with Gasteiger partial charge in [-0.25, -0.2) is 0 Å². The summed E-state index contributed by atoms with van der Waals surface area (Å²) >= 11 is 2.83. The average molecular weight is 272 g/mol. The summed E-state index contributed by atoms with van der Waals surface area (Å²) in [5.74, 6) is -0.0649. The van der Waals surface area contributed by atoms with E-state index in [2.05, 4.69) is 15.5 Å². The molecule has 0 atom stereocenters. The van der Waals surface area contributed by atoms with E-state index < -0.39 is 0 Å². The van der Waals surface area contributed by atoms with E-state index >= 15 is 0 Å². The molecule has 7 heteroatoms. The Morgan fingerprint density at radius 1 is 1.41 bits per heavy atom. The van der Waals surface area contributed by atoms with Crippen LogP contribution >= 0.6 is 23.1 Å². The summed E-state index contributed by atoms with van der Waals surface area (Å²) in [5, 5.41) is 12.3. The topological polar surface area (TPSA) is 80.9 Å². The van der Waals surface area contributed by atoms with Crippen LogP contribution in [0, 0.1) is 0 Å². The predicted octanol–water partition coefficient (Wildman–Crippen LogP) is 1.86. The molecule has 0 radical (unpaired) electrons. The summed E-state index contributed by atoms with van der Waals surface area (Å²) in [6.07, 6.45) is 6.35. The minimum Gasteiger partial charge on any atom is -0.369 e. The van der Waals surface area contributed by atoms with Gasteiger partial charge in [-0.1, -0.05) is 42.4 Å². The Morgan fingerprint density at radius 3 is 2.88 bits per heavy atom. The highest BCUT2D eigenvalue weighted by atomic mass is 32.2. The smallest absolute Gasteiger partial charge is 0.227 e. The third-order valence-electron chi connectivity index (χ3n) is 2.68. The lowest BCUT2D eigenvalue weighted by Gasteiger charge is -2.21. The predicted molar refractivity (Wildman–Crippen MR) is 70.3 cm³/mol. The fraction of sp³-hybridized carbons (Fsp3) is 0.700. The number of nitrogens with two attached hydrogens (primary N) is 1. The van der Waals surface area contributed by atoms with E-state index in [-0.39, 0.29) is 11.7 Å². The number of hydrogen-bond donors (Lipinski definition) is 2. The summed E-state index contributed by atoms with van der Waals surface area (Å²) in [6, 6.07) is 0.533. The van der Waals surface area contributed by atoms with Gasteiger partial charge in [-0.15, -0.1) is 10.2 Å². The monoisotopic (exact) mass is 272 g/mol. The molecule has 0 saturated heterocycles. The van der Waals surface area contributed by atoms with Gasteiger partial charge in [-0.05, 0) is 12.8 Å². The highest BCUT2D eigenvalue weighted by molar-refractivity contribution is 8.01. The van der Waals surface area contributed by atoms with Crippen LogP contribution in [0.5, 0.6) is 0 Å². The largest absolute Gasteiger partial charge is 0.369 e. The Bertz CT molecular complexity index is 376. The number of nitrogens with one attached hydrogen (secondary N) is 1. The molecule has 1 amide bonds. The third kappa shape index (κ3) is 4.16. The maximum absolute atomic E-state index is 10.6. The lowest BCUT2D eigenvalue weighted by molar-refractivity contribution is -0.115. The molecular weight excluding hydrogens is 256 g/mol. The fourth-order valence-corrected chi connectivity index (χ4v) is 3.45. The average Bonchev–Trinajstić information content (AvgIpc) is 2.75. The Hall–Kier alpha value is -0.820. The van der Waals surface area contributed by atoms with Crippen molar-refractivity contribution in [2.24, 2.45) is 5.73 Å². The normalized spacial score (nSPS) is 16.9. The van der Waals surface area contributed by atoms with E-state index in [0.717, 1.165) is 9.47 Å². The number of rotatable bonds is 5. The molecule has 0 aliphatic heterocycles. The van der Waals surface area contributed by atoms with Gasteiger partial charge in [0.25, 0.3) is 0 Å². The molecule has 1 saturated carbocycles. The summed E-state index contributed by atoms with van der Waals surface area (Å²) in [5.41, 5.74) is 5.08. The van der Waals surface area contributed by atoms with Crippen molar-refractivity contribution >= 4 is 34.1 Å². The molecular formula is C10H16N4OS2. The molecule has 1 aliphatic rings. The molecule has 3 N–H and O–H groups in total. The van der Waals surface area contributed by atoms with Crippen molar-refractivity contribution in [3.8, 4) is 0 Å². The van der Waals surface area contributed by atoms with Crippen LogP contribution in [-0.4, -0.2) is 27.9 Å². The third-order valence-corrected chi connectivity index (χ3v) is 4.69. The van der Waals surface area contributed by atoms with E-state index in [1.807, 2.05) is 0 Å². The zero-order chi connectivity index (χ0) is 12.1. The number of carbonyl (C=O) groups excluding carboxylic acids is 1. The van der Waals surface area contributed by atoms with E-state index in [0.29, 0.717) is 6.04 Å². The van der Waals surface area contributed by atoms with Crippen molar-refractivity contribution in [2.45, 2.75) is 42.5 Å². The van der Waals surface area contributed by atoms with E-state index in [1.165, 1.54) is 55.2 Å². The minimum absolute atomic E-state index is 0.262. The first-order valence-electron chi connectivity index (χ1n) is 5.75. The molecule has 0 unspecified atom stereocenters. The van der Waals surface area contributed by atoms with Gasteiger partial charge < -0.3 is 11.1 Å². The molecule has 2 rings (SSSR count). The van der Waals surface area contributed by atoms with Gasteiger partial charge in [0.1, 0.15) is 0 Å². The quantitative estimate of drug-likeness (QED) is 0.800. The molecule has 0 bridgehead atoms.